The molecule has 1 heterocycles. The second kappa shape index (κ2) is 6.68. The van der Waals surface area contributed by atoms with Crippen molar-refractivity contribution in [2.75, 3.05) is 19.0 Å². The van der Waals surface area contributed by atoms with Gasteiger partial charge in [-0.2, -0.15) is 0 Å². The number of benzene rings is 1. The minimum absolute atomic E-state index is 0.00390. The summed E-state index contributed by atoms with van der Waals surface area (Å²) < 4.78 is 11.2. The van der Waals surface area contributed by atoms with Crippen LogP contribution < -0.4 is 14.8 Å². The van der Waals surface area contributed by atoms with Gasteiger partial charge in [0.25, 0.3) is 0 Å². The second-order valence-electron chi connectivity index (χ2n) is 4.07. The summed E-state index contributed by atoms with van der Waals surface area (Å²) in [6, 6.07) is 6.99. The van der Waals surface area contributed by atoms with Gasteiger partial charge in [-0.15, -0.1) is 11.8 Å². The molecule has 0 saturated carbocycles. The van der Waals surface area contributed by atoms with Crippen LogP contribution in [-0.4, -0.2) is 41.5 Å². The monoisotopic (exact) mass is 283 g/mol. The van der Waals surface area contributed by atoms with Crippen LogP contribution in [-0.2, 0) is 4.79 Å². The third kappa shape index (κ3) is 3.78. The van der Waals surface area contributed by atoms with Crippen molar-refractivity contribution in [3.63, 3.8) is 0 Å². The van der Waals surface area contributed by atoms with E-state index in [1.165, 1.54) is 0 Å². The van der Waals surface area contributed by atoms with E-state index in [2.05, 4.69) is 5.32 Å². The van der Waals surface area contributed by atoms with E-state index in [0.717, 1.165) is 0 Å². The zero-order valence-corrected chi connectivity index (χ0v) is 11.5. The molecule has 1 saturated heterocycles. The van der Waals surface area contributed by atoms with Crippen molar-refractivity contribution in [1.29, 1.82) is 0 Å². The van der Waals surface area contributed by atoms with Gasteiger partial charge in [-0.25, -0.2) is 0 Å². The molecule has 2 N–H and O–H groups in total. The molecule has 104 valence electrons. The Kier molecular flexibility index (Phi) is 4.93. The molecule has 2 unspecified atom stereocenters. The van der Waals surface area contributed by atoms with Gasteiger partial charge in [-0.05, 0) is 19.1 Å². The van der Waals surface area contributed by atoms with Gasteiger partial charge >= 0.3 is 5.97 Å². The number of ether oxygens (including phenoxy) is 2. The maximum atomic E-state index is 10.8. The summed E-state index contributed by atoms with van der Waals surface area (Å²) in [5.41, 5.74) is 0. The first-order valence-electron chi connectivity index (χ1n) is 6.15. The topological polar surface area (TPSA) is 67.8 Å². The standard InChI is InChI=1S/C13H17NO4S/c1-2-17-10-5-3-4-6-11(10)18-7-12-14-9(8-19-12)13(15)16/h3-6,9,12,14H,2,7-8H2,1H3,(H,15,16). The van der Waals surface area contributed by atoms with Crippen LogP contribution in [0.2, 0.25) is 0 Å². The number of aliphatic carboxylic acids is 1. The first kappa shape index (κ1) is 14.0. The normalized spacial score (nSPS) is 22.2. The number of para-hydroxylation sites is 2. The predicted molar refractivity (Wildman–Crippen MR) is 73.9 cm³/mol. The summed E-state index contributed by atoms with van der Waals surface area (Å²) >= 11 is 1.56. The van der Waals surface area contributed by atoms with E-state index in [9.17, 15) is 4.79 Å². The first-order chi connectivity index (χ1) is 9.20. The van der Waals surface area contributed by atoms with Crippen LogP contribution in [0.5, 0.6) is 11.5 Å². The van der Waals surface area contributed by atoms with Gasteiger partial charge in [-0.1, -0.05) is 12.1 Å². The molecule has 6 heteroatoms. The number of thioether (sulfide) groups is 1. The number of nitrogens with one attached hydrogen (secondary N) is 1. The number of carboxylic acids is 1. The first-order valence-corrected chi connectivity index (χ1v) is 7.20. The molecule has 0 aliphatic carbocycles. The number of carboxylic acid groups (broad SMARTS) is 1. The summed E-state index contributed by atoms with van der Waals surface area (Å²) in [5, 5.41) is 11.9. The minimum Gasteiger partial charge on any atom is -0.490 e. The minimum atomic E-state index is -0.815. The third-order valence-corrected chi connectivity index (χ3v) is 3.89. The average Bonchev–Trinajstić information content (AvgIpc) is 2.87. The smallest absolute Gasteiger partial charge is 0.321 e. The van der Waals surface area contributed by atoms with Crippen molar-refractivity contribution in [3.8, 4) is 11.5 Å². The van der Waals surface area contributed by atoms with Gasteiger partial charge in [0.1, 0.15) is 12.6 Å². The molecule has 0 radical (unpaired) electrons. The number of hydrogen-bond donors (Lipinski definition) is 2. The summed E-state index contributed by atoms with van der Waals surface area (Å²) in [6.45, 7) is 2.92. The SMILES string of the molecule is CCOc1ccccc1OCC1NC(C(=O)O)CS1. The number of rotatable bonds is 6. The van der Waals surface area contributed by atoms with Gasteiger partial charge in [0.15, 0.2) is 11.5 Å². The fourth-order valence-electron chi connectivity index (χ4n) is 1.78. The van der Waals surface area contributed by atoms with Crippen molar-refractivity contribution in [2.45, 2.75) is 18.3 Å². The Morgan fingerprint density at radius 3 is 2.68 bits per heavy atom. The second-order valence-corrected chi connectivity index (χ2v) is 5.31. The van der Waals surface area contributed by atoms with E-state index >= 15 is 0 Å². The molecule has 1 aliphatic heterocycles. The van der Waals surface area contributed by atoms with Crippen LogP contribution in [0.25, 0.3) is 0 Å². The van der Waals surface area contributed by atoms with Crippen molar-refractivity contribution >= 4 is 17.7 Å². The van der Waals surface area contributed by atoms with Crippen LogP contribution >= 0.6 is 11.8 Å². The van der Waals surface area contributed by atoms with E-state index in [-0.39, 0.29) is 5.37 Å². The molecule has 1 aliphatic rings. The average molecular weight is 283 g/mol. The van der Waals surface area contributed by atoms with Gasteiger partial charge in [0.05, 0.1) is 12.0 Å². The molecule has 1 aromatic carbocycles. The maximum absolute atomic E-state index is 10.8. The molecule has 1 fully saturated rings. The van der Waals surface area contributed by atoms with Gasteiger partial charge in [-0.3, -0.25) is 10.1 Å². The largest absolute Gasteiger partial charge is 0.490 e. The molecule has 19 heavy (non-hydrogen) atoms. The molecular weight excluding hydrogens is 266 g/mol. The Morgan fingerprint density at radius 2 is 2.11 bits per heavy atom. The molecule has 2 atom stereocenters. The molecule has 1 aromatic rings. The lowest BCUT2D eigenvalue weighted by atomic mass is 10.3. The fourth-order valence-corrected chi connectivity index (χ4v) is 2.87. The van der Waals surface area contributed by atoms with E-state index in [4.69, 9.17) is 14.6 Å². The quantitative estimate of drug-likeness (QED) is 0.826. The molecule has 0 amide bonds. The lowest BCUT2D eigenvalue weighted by Crippen LogP contribution is -2.38. The number of carbonyl (C=O) groups is 1. The van der Waals surface area contributed by atoms with Gasteiger partial charge < -0.3 is 14.6 Å². The van der Waals surface area contributed by atoms with Crippen LogP contribution in [0, 0.1) is 0 Å². The van der Waals surface area contributed by atoms with Crippen molar-refractivity contribution in [1.82, 2.24) is 5.32 Å². The summed E-state index contributed by atoms with van der Waals surface area (Å²) in [7, 11) is 0. The Bertz CT molecular complexity index is 440. The molecular formula is C13H17NO4S. The highest BCUT2D eigenvalue weighted by Gasteiger charge is 2.29. The van der Waals surface area contributed by atoms with E-state index in [0.29, 0.717) is 30.5 Å². The molecule has 0 bridgehead atoms. The van der Waals surface area contributed by atoms with Crippen LogP contribution in [0.3, 0.4) is 0 Å². The Hall–Kier alpha value is -1.40. The Labute approximate surface area is 116 Å². The van der Waals surface area contributed by atoms with E-state index in [1.807, 2.05) is 31.2 Å². The van der Waals surface area contributed by atoms with Crippen LogP contribution in [0.4, 0.5) is 0 Å². The summed E-state index contributed by atoms with van der Waals surface area (Å²) in [6.07, 6.45) is 0. The zero-order chi connectivity index (χ0) is 13.7. The maximum Gasteiger partial charge on any atom is 0.321 e. The Balaban J connectivity index is 1.87. The third-order valence-electron chi connectivity index (χ3n) is 2.69. The molecule has 5 nitrogen and oxygen atoms in total. The predicted octanol–water partition coefficient (Wildman–Crippen LogP) is 1.58. The lowest BCUT2D eigenvalue weighted by molar-refractivity contribution is -0.138. The fraction of sp³-hybridized carbons (Fsp3) is 0.462. The van der Waals surface area contributed by atoms with Crippen molar-refractivity contribution < 1.29 is 19.4 Å². The molecule has 2 rings (SSSR count). The highest BCUT2D eigenvalue weighted by molar-refractivity contribution is 8.00. The van der Waals surface area contributed by atoms with E-state index in [1.54, 1.807) is 11.8 Å². The van der Waals surface area contributed by atoms with Gasteiger partial charge in [0, 0.05) is 5.75 Å². The van der Waals surface area contributed by atoms with Crippen molar-refractivity contribution in [2.24, 2.45) is 0 Å². The molecule has 0 spiro atoms. The van der Waals surface area contributed by atoms with Crippen LogP contribution in [0.15, 0.2) is 24.3 Å². The zero-order valence-electron chi connectivity index (χ0n) is 10.7. The van der Waals surface area contributed by atoms with Crippen LogP contribution in [0.1, 0.15) is 6.92 Å². The summed E-state index contributed by atoms with van der Waals surface area (Å²) in [4.78, 5) is 10.8. The highest BCUT2D eigenvalue weighted by Crippen LogP contribution is 2.28. The molecule has 0 aromatic heterocycles. The van der Waals surface area contributed by atoms with E-state index < -0.39 is 12.0 Å². The lowest BCUT2D eigenvalue weighted by Gasteiger charge is -2.15. The van der Waals surface area contributed by atoms with Crippen molar-refractivity contribution in [3.05, 3.63) is 24.3 Å². The highest BCUT2D eigenvalue weighted by atomic mass is 32.2. The Morgan fingerprint density at radius 1 is 1.42 bits per heavy atom. The van der Waals surface area contributed by atoms with Gasteiger partial charge in [0.2, 0.25) is 0 Å². The summed E-state index contributed by atoms with van der Waals surface area (Å²) in [5.74, 6) is 1.15. The number of hydrogen-bond acceptors (Lipinski definition) is 5.